The third-order valence-corrected chi connectivity index (χ3v) is 5.49. The number of fused-ring (bicyclic) bond motifs is 2. The third kappa shape index (κ3) is 3.20. The van der Waals surface area contributed by atoms with Crippen LogP contribution in [0.3, 0.4) is 0 Å². The molecule has 5 nitrogen and oxygen atoms in total. The lowest BCUT2D eigenvalue weighted by Crippen LogP contribution is -2.42. The van der Waals surface area contributed by atoms with Crippen LogP contribution in [0.15, 0.2) is 30.3 Å². The van der Waals surface area contributed by atoms with Gasteiger partial charge in [0.1, 0.15) is 5.15 Å². The Balaban J connectivity index is 1.40. The van der Waals surface area contributed by atoms with Crippen molar-refractivity contribution in [3.8, 4) is 10.9 Å². The number of ether oxygens (including phenoxy) is 1. The molecule has 4 heterocycles. The van der Waals surface area contributed by atoms with E-state index >= 15 is 0 Å². The summed E-state index contributed by atoms with van der Waals surface area (Å²) >= 11 is 7.14. The minimum Gasteiger partial charge on any atom is -0.428 e. The van der Waals surface area contributed by atoms with E-state index in [1.807, 2.05) is 0 Å². The minimum atomic E-state index is -0.0387. The van der Waals surface area contributed by atoms with Crippen molar-refractivity contribution < 1.29 is 9.53 Å². The number of carbonyl (C=O) groups is 1. The number of amides is 1. The molecule has 2 aliphatic rings. The van der Waals surface area contributed by atoms with Crippen molar-refractivity contribution in [2.75, 3.05) is 0 Å². The molecule has 7 heteroatoms. The van der Waals surface area contributed by atoms with E-state index in [9.17, 15) is 4.79 Å². The van der Waals surface area contributed by atoms with E-state index in [1.165, 1.54) is 17.8 Å². The van der Waals surface area contributed by atoms with E-state index in [1.54, 1.807) is 30.3 Å². The number of nitrogens with zero attached hydrogens (tertiary/aromatic N) is 1. The van der Waals surface area contributed by atoms with E-state index in [-0.39, 0.29) is 11.9 Å². The van der Waals surface area contributed by atoms with E-state index in [2.05, 4.69) is 15.6 Å². The summed E-state index contributed by atoms with van der Waals surface area (Å²) in [4.78, 5) is 17.1. The van der Waals surface area contributed by atoms with E-state index in [4.69, 9.17) is 16.3 Å². The van der Waals surface area contributed by atoms with Crippen LogP contribution in [0.4, 0.5) is 0 Å². The predicted octanol–water partition coefficient (Wildman–Crippen LogP) is 3.21. The van der Waals surface area contributed by atoms with E-state index < -0.39 is 0 Å². The molecule has 0 aromatic carbocycles. The van der Waals surface area contributed by atoms with Crippen LogP contribution in [0, 0.1) is 0 Å². The van der Waals surface area contributed by atoms with Crippen LogP contribution in [0.25, 0.3) is 0 Å². The Bertz CT molecular complexity index is 736. The number of thiophene rings is 1. The van der Waals surface area contributed by atoms with E-state index in [0.717, 1.165) is 12.8 Å². The van der Waals surface area contributed by atoms with Crippen LogP contribution in [0.1, 0.15) is 28.9 Å². The molecular formula is C16H16ClN3O2S. The van der Waals surface area contributed by atoms with Gasteiger partial charge in [-0.3, -0.25) is 4.79 Å². The molecule has 2 aromatic heterocycles. The normalized spacial score (nSPS) is 25.5. The number of nitrogens with one attached hydrogen (secondary N) is 2. The number of aromatic nitrogens is 1. The van der Waals surface area contributed by atoms with Crippen molar-refractivity contribution in [3.05, 3.63) is 40.4 Å². The molecule has 2 N–H and O–H groups in total. The van der Waals surface area contributed by atoms with Gasteiger partial charge in [0, 0.05) is 24.2 Å². The number of halogens is 1. The van der Waals surface area contributed by atoms with Crippen molar-refractivity contribution in [2.45, 2.75) is 37.4 Å². The van der Waals surface area contributed by atoms with Crippen molar-refractivity contribution in [1.82, 2.24) is 15.6 Å². The molecule has 2 bridgehead atoms. The van der Waals surface area contributed by atoms with Crippen LogP contribution in [-0.2, 0) is 0 Å². The standard InChI is InChI=1S/C16H16ClN3O2S/c17-13-2-1-3-14(20-13)22-15-7-6-12(23-15)16(21)19-11-8-9-4-5-10(11)18-9/h1-3,6-7,9-11,18H,4-5,8H2,(H,19,21)/t9-,10+,11-/m1/s1. The third-order valence-electron chi connectivity index (χ3n) is 4.32. The molecule has 2 aliphatic heterocycles. The second-order valence-corrected chi connectivity index (χ2v) is 7.32. The summed E-state index contributed by atoms with van der Waals surface area (Å²) in [5.41, 5.74) is 0. The Morgan fingerprint density at radius 2 is 2.26 bits per heavy atom. The SMILES string of the molecule is O=C(N[C@@H]1C[C@H]2CC[C@@H]1N2)c1ccc(Oc2cccc(Cl)n2)s1. The molecule has 2 fully saturated rings. The first-order valence-corrected chi connectivity index (χ1v) is 8.84. The zero-order valence-corrected chi connectivity index (χ0v) is 13.9. The Labute approximate surface area is 143 Å². The molecule has 1 amide bonds. The number of hydrogen-bond acceptors (Lipinski definition) is 5. The van der Waals surface area contributed by atoms with Gasteiger partial charge in [-0.05, 0) is 37.5 Å². The van der Waals surface area contributed by atoms with Crippen LogP contribution in [0.2, 0.25) is 5.15 Å². The zero-order chi connectivity index (χ0) is 15.8. The zero-order valence-electron chi connectivity index (χ0n) is 12.3. The lowest BCUT2D eigenvalue weighted by molar-refractivity contribution is 0.0935. The average molecular weight is 350 g/mol. The Morgan fingerprint density at radius 3 is 3.00 bits per heavy atom. The summed E-state index contributed by atoms with van der Waals surface area (Å²) < 4.78 is 5.64. The number of rotatable bonds is 4. The molecule has 0 spiro atoms. The van der Waals surface area contributed by atoms with Crippen molar-refractivity contribution in [1.29, 1.82) is 0 Å². The molecule has 0 radical (unpaired) electrons. The number of pyridine rings is 1. The molecule has 4 rings (SSSR count). The Morgan fingerprint density at radius 1 is 1.35 bits per heavy atom. The molecule has 0 aliphatic carbocycles. The number of carbonyl (C=O) groups excluding carboxylic acids is 1. The first kappa shape index (κ1) is 14.9. The predicted molar refractivity (Wildman–Crippen MR) is 89.5 cm³/mol. The van der Waals surface area contributed by atoms with E-state index in [0.29, 0.717) is 33.1 Å². The molecule has 2 saturated heterocycles. The van der Waals surface area contributed by atoms with Crippen molar-refractivity contribution >= 4 is 28.8 Å². The maximum Gasteiger partial charge on any atom is 0.261 e. The first-order valence-electron chi connectivity index (χ1n) is 7.64. The summed E-state index contributed by atoms with van der Waals surface area (Å²) in [7, 11) is 0. The Hall–Kier alpha value is -1.63. The second-order valence-electron chi connectivity index (χ2n) is 5.88. The maximum atomic E-state index is 12.4. The highest BCUT2D eigenvalue weighted by atomic mass is 35.5. The highest BCUT2D eigenvalue weighted by molar-refractivity contribution is 7.15. The van der Waals surface area contributed by atoms with Gasteiger partial charge in [0.2, 0.25) is 5.88 Å². The van der Waals surface area contributed by atoms with Crippen LogP contribution >= 0.6 is 22.9 Å². The van der Waals surface area contributed by atoms with Crippen LogP contribution < -0.4 is 15.4 Å². The average Bonchev–Trinajstić information content (AvgIpc) is 3.23. The lowest BCUT2D eigenvalue weighted by atomic mass is 9.95. The molecule has 2 aromatic rings. The van der Waals surface area contributed by atoms with Crippen LogP contribution in [0.5, 0.6) is 10.9 Å². The minimum absolute atomic E-state index is 0.0387. The quantitative estimate of drug-likeness (QED) is 0.832. The molecule has 120 valence electrons. The fraction of sp³-hybridized carbons (Fsp3) is 0.375. The lowest BCUT2D eigenvalue weighted by Gasteiger charge is -2.20. The summed E-state index contributed by atoms with van der Waals surface area (Å²) in [6.07, 6.45) is 3.40. The van der Waals surface area contributed by atoms with Gasteiger partial charge in [0.15, 0.2) is 5.06 Å². The number of hydrogen-bond donors (Lipinski definition) is 2. The molecule has 23 heavy (non-hydrogen) atoms. The summed E-state index contributed by atoms with van der Waals surface area (Å²) in [5.74, 6) is 0.381. The van der Waals surface area contributed by atoms with Gasteiger partial charge in [0.05, 0.1) is 4.88 Å². The van der Waals surface area contributed by atoms with Crippen LogP contribution in [-0.4, -0.2) is 29.0 Å². The second kappa shape index (κ2) is 6.11. The van der Waals surface area contributed by atoms with Gasteiger partial charge in [0.25, 0.3) is 5.91 Å². The van der Waals surface area contributed by atoms with Gasteiger partial charge in [-0.15, -0.1) is 0 Å². The fourth-order valence-corrected chi connectivity index (χ4v) is 4.19. The maximum absolute atomic E-state index is 12.4. The smallest absolute Gasteiger partial charge is 0.261 e. The fourth-order valence-electron chi connectivity index (χ4n) is 3.27. The largest absolute Gasteiger partial charge is 0.428 e. The molecule has 3 atom stereocenters. The topological polar surface area (TPSA) is 63.2 Å². The summed E-state index contributed by atoms with van der Waals surface area (Å²) in [6, 6.07) is 9.98. The molecule has 0 unspecified atom stereocenters. The highest BCUT2D eigenvalue weighted by Crippen LogP contribution is 2.31. The van der Waals surface area contributed by atoms with Gasteiger partial charge in [-0.25, -0.2) is 4.98 Å². The van der Waals surface area contributed by atoms with Gasteiger partial charge in [-0.1, -0.05) is 29.0 Å². The van der Waals surface area contributed by atoms with Crippen molar-refractivity contribution in [3.63, 3.8) is 0 Å². The Kier molecular flexibility index (Phi) is 3.97. The van der Waals surface area contributed by atoms with Crippen molar-refractivity contribution in [2.24, 2.45) is 0 Å². The van der Waals surface area contributed by atoms with Gasteiger partial charge < -0.3 is 15.4 Å². The first-order chi connectivity index (χ1) is 11.2. The molecular weight excluding hydrogens is 334 g/mol. The van der Waals surface area contributed by atoms with Gasteiger partial charge in [-0.2, -0.15) is 0 Å². The monoisotopic (exact) mass is 349 g/mol. The highest BCUT2D eigenvalue weighted by Gasteiger charge is 2.39. The van der Waals surface area contributed by atoms with Gasteiger partial charge >= 0.3 is 0 Å². The molecule has 0 saturated carbocycles. The summed E-state index contributed by atoms with van der Waals surface area (Å²) in [6.45, 7) is 0. The summed E-state index contributed by atoms with van der Waals surface area (Å²) in [5, 5.41) is 7.65.